The van der Waals surface area contributed by atoms with E-state index in [0.717, 1.165) is 5.56 Å². The van der Waals surface area contributed by atoms with Crippen LogP contribution >= 0.6 is 0 Å². The summed E-state index contributed by atoms with van der Waals surface area (Å²) in [7, 11) is -2.64. The van der Waals surface area contributed by atoms with E-state index in [-0.39, 0.29) is 10.6 Å². The lowest BCUT2D eigenvalue weighted by Crippen LogP contribution is -2.01. The van der Waals surface area contributed by atoms with Gasteiger partial charge in [-0.3, -0.25) is 4.55 Å². The minimum Gasteiger partial charge on any atom is -0.508 e. The highest BCUT2D eigenvalue weighted by molar-refractivity contribution is 7.85. The molecule has 0 fully saturated rings. The predicted octanol–water partition coefficient (Wildman–Crippen LogP) is 4.02. The highest BCUT2D eigenvalue weighted by Gasteiger charge is 2.15. The Labute approximate surface area is 140 Å². The molecule has 2 aromatic carbocycles. The van der Waals surface area contributed by atoms with Crippen LogP contribution in [0.2, 0.25) is 0 Å². The number of rotatable bonds is 4. The lowest BCUT2D eigenvalue weighted by molar-refractivity contribution is 0.471. The lowest BCUT2D eigenvalue weighted by Gasteiger charge is -2.08. The van der Waals surface area contributed by atoms with Gasteiger partial charge in [-0.05, 0) is 49.6 Å². The van der Waals surface area contributed by atoms with Crippen molar-refractivity contribution in [1.29, 1.82) is 0 Å². The number of aryl methyl sites for hydroxylation is 3. The topological polar surface area (TPSA) is 111 Å². The summed E-state index contributed by atoms with van der Waals surface area (Å²) in [6, 6.07) is 6.11. The Kier molecular flexibility index (Phi) is 4.91. The fraction of sp³-hybridized carbons (Fsp3) is 0.250. The van der Waals surface area contributed by atoms with Gasteiger partial charge >= 0.3 is 0 Å². The third kappa shape index (κ3) is 3.72. The molecule has 128 valence electrons. The lowest BCUT2D eigenvalue weighted by atomic mass is 10.1. The van der Waals surface area contributed by atoms with Crippen molar-refractivity contribution >= 4 is 27.2 Å². The van der Waals surface area contributed by atoms with Crippen LogP contribution in [0.25, 0.3) is 0 Å². The number of nitrogens with zero attached hydrogens (tertiary/aromatic N) is 2. The minimum absolute atomic E-state index is 0.137. The van der Waals surface area contributed by atoms with E-state index in [9.17, 15) is 18.1 Å². The number of hydrogen-bond donors (Lipinski definition) is 3. The van der Waals surface area contributed by atoms with Crippen LogP contribution < -0.4 is 5.32 Å². The number of phenolic OH excluding ortho intramolecular Hbond substituents is 1. The largest absolute Gasteiger partial charge is 0.508 e. The number of phenols is 1. The highest BCUT2D eigenvalue weighted by atomic mass is 32.2. The molecule has 0 aromatic heterocycles. The van der Waals surface area contributed by atoms with Gasteiger partial charge in [-0.25, -0.2) is 0 Å². The molecule has 0 atom stereocenters. The average Bonchev–Trinajstić information content (AvgIpc) is 2.48. The van der Waals surface area contributed by atoms with Crippen molar-refractivity contribution < 1.29 is 18.1 Å². The van der Waals surface area contributed by atoms with E-state index in [1.807, 2.05) is 0 Å². The van der Waals surface area contributed by atoms with Crippen LogP contribution in [0.15, 0.2) is 39.4 Å². The van der Waals surface area contributed by atoms with E-state index in [2.05, 4.69) is 15.5 Å². The summed E-state index contributed by atoms with van der Waals surface area (Å²) >= 11 is 0. The van der Waals surface area contributed by atoms with Crippen LogP contribution in [0.1, 0.15) is 16.7 Å². The molecule has 0 aliphatic heterocycles. The predicted molar refractivity (Wildman–Crippen MR) is 92.3 cm³/mol. The number of hydrogen-bond acceptors (Lipinski definition) is 6. The Balaban J connectivity index is 2.52. The van der Waals surface area contributed by atoms with Crippen LogP contribution in [0, 0.1) is 20.8 Å². The molecule has 8 heteroatoms. The van der Waals surface area contributed by atoms with Gasteiger partial charge < -0.3 is 10.4 Å². The van der Waals surface area contributed by atoms with E-state index in [4.69, 9.17) is 0 Å². The van der Waals surface area contributed by atoms with Gasteiger partial charge in [0, 0.05) is 13.1 Å². The first kappa shape index (κ1) is 17.9. The molecule has 2 aromatic rings. The van der Waals surface area contributed by atoms with Crippen molar-refractivity contribution in [3.63, 3.8) is 0 Å². The molecule has 0 saturated carbocycles. The molecule has 0 heterocycles. The Morgan fingerprint density at radius 1 is 0.917 bits per heavy atom. The molecular formula is C16H19N3O4S. The van der Waals surface area contributed by atoms with Crippen molar-refractivity contribution in [1.82, 2.24) is 0 Å². The van der Waals surface area contributed by atoms with Crippen molar-refractivity contribution in [3.05, 3.63) is 41.0 Å². The van der Waals surface area contributed by atoms with Crippen LogP contribution in [0.5, 0.6) is 5.75 Å². The zero-order valence-corrected chi connectivity index (χ0v) is 14.6. The van der Waals surface area contributed by atoms with Crippen LogP contribution in [0.4, 0.5) is 17.1 Å². The van der Waals surface area contributed by atoms with Crippen molar-refractivity contribution in [2.24, 2.45) is 10.2 Å². The zero-order chi connectivity index (χ0) is 18.1. The standard InChI is InChI=1S/C16H19N3O4S/c1-9-5-11(3)16(24(21,22)23)8-12(9)18-19-14-6-10(2)15(20)7-13(14)17-4/h5-8,17,20H,1-4H3,(H,21,22,23)/b19-18+. The molecule has 0 aliphatic carbocycles. The number of azo groups is 1. The van der Waals surface area contributed by atoms with E-state index in [1.54, 1.807) is 40.0 Å². The third-order valence-electron chi connectivity index (χ3n) is 3.62. The first-order valence-corrected chi connectivity index (χ1v) is 8.59. The Hall–Kier alpha value is -2.45. The Morgan fingerprint density at radius 3 is 2.12 bits per heavy atom. The number of anilines is 1. The molecule has 2 rings (SSSR count). The molecule has 24 heavy (non-hydrogen) atoms. The van der Waals surface area contributed by atoms with Crippen molar-refractivity contribution in [3.8, 4) is 5.75 Å². The second-order valence-electron chi connectivity index (χ2n) is 5.49. The van der Waals surface area contributed by atoms with Crippen molar-refractivity contribution in [2.45, 2.75) is 25.7 Å². The van der Waals surface area contributed by atoms with Crippen LogP contribution in [-0.2, 0) is 10.1 Å². The fourth-order valence-corrected chi connectivity index (χ4v) is 3.01. The number of benzene rings is 2. The molecule has 0 spiro atoms. The molecular weight excluding hydrogens is 330 g/mol. The maximum Gasteiger partial charge on any atom is 0.294 e. The molecule has 7 nitrogen and oxygen atoms in total. The Bertz CT molecular complexity index is 921. The second-order valence-corrected chi connectivity index (χ2v) is 6.88. The quantitative estimate of drug-likeness (QED) is 0.570. The average molecular weight is 349 g/mol. The smallest absolute Gasteiger partial charge is 0.294 e. The molecule has 0 aliphatic rings. The number of nitrogens with one attached hydrogen (secondary N) is 1. The SMILES string of the molecule is CNc1cc(O)c(C)cc1/N=N/c1cc(S(=O)(=O)O)c(C)cc1C. The van der Waals surface area contributed by atoms with Gasteiger partial charge in [0.05, 0.1) is 16.3 Å². The fourth-order valence-electron chi connectivity index (χ4n) is 2.28. The molecule has 3 N–H and O–H groups in total. The summed E-state index contributed by atoms with van der Waals surface area (Å²) in [5.41, 5.74) is 3.22. The monoisotopic (exact) mass is 349 g/mol. The van der Waals surface area contributed by atoms with Crippen LogP contribution in [0.3, 0.4) is 0 Å². The normalized spacial score (nSPS) is 11.9. The second kappa shape index (κ2) is 6.58. The van der Waals surface area contributed by atoms with Gasteiger partial charge in [-0.2, -0.15) is 13.5 Å². The van der Waals surface area contributed by atoms with Gasteiger partial charge in [0.25, 0.3) is 10.1 Å². The third-order valence-corrected chi connectivity index (χ3v) is 4.62. The first-order valence-electron chi connectivity index (χ1n) is 7.15. The van der Waals surface area contributed by atoms with E-state index >= 15 is 0 Å². The van der Waals surface area contributed by atoms with Gasteiger partial charge in [-0.1, -0.05) is 6.07 Å². The summed E-state index contributed by atoms with van der Waals surface area (Å²) in [5.74, 6) is 0.137. The maximum atomic E-state index is 11.4. The first-order chi connectivity index (χ1) is 11.1. The highest BCUT2D eigenvalue weighted by Crippen LogP contribution is 2.34. The Morgan fingerprint density at radius 2 is 1.54 bits per heavy atom. The van der Waals surface area contributed by atoms with Gasteiger partial charge in [-0.15, -0.1) is 5.11 Å². The molecule has 0 unspecified atom stereocenters. The minimum atomic E-state index is -4.33. The summed E-state index contributed by atoms with van der Waals surface area (Å²) < 4.78 is 32.1. The number of aromatic hydroxyl groups is 1. The van der Waals surface area contributed by atoms with Gasteiger partial charge in [0.2, 0.25) is 0 Å². The van der Waals surface area contributed by atoms with E-state index in [0.29, 0.717) is 28.2 Å². The summed E-state index contributed by atoms with van der Waals surface area (Å²) in [6.07, 6.45) is 0. The van der Waals surface area contributed by atoms with Crippen LogP contribution in [-0.4, -0.2) is 25.1 Å². The van der Waals surface area contributed by atoms with Crippen molar-refractivity contribution in [2.75, 3.05) is 12.4 Å². The molecule has 0 saturated heterocycles. The van der Waals surface area contributed by atoms with Gasteiger partial charge in [0.1, 0.15) is 11.4 Å². The maximum absolute atomic E-state index is 11.4. The molecule has 0 amide bonds. The molecule has 0 radical (unpaired) electrons. The summed E-state index contributed by atoms with van der Waals surface area (Å²) in [5, 5.41) is 20.9. The molecule has 0 bridgehead atoms. The van der Waals surface area contributed by atoms with E-state index < -0.39 is 10.1 Å². The van der Waals surface area contributed by atoms with Gasteiger partial charge in [0.15, 0.2) is 0 Å². The summed E-state index contributed by atoms with van der Waals surface area (Å²) in [6.45, 7) is 5.11. The summed E-state index contributed by atoms with van der Waals surface area (Å²) in [4.78, 5) is -0.197. The zero-order valence-electron chi connectivity index (χ0n) is 13.8. The van der Waals surface area contributed by atoms with E-state index in [1.165, 1.54) is 12.1 Å².